The third-order valence-electron chi connectivity index (χ3n) is 2.10. The normalized spacial score (nSPS) is 12.4. The van der Waals surface area contributed by atoms with Crippen molar-refractivity contribution in [2.45, 2.75) is 26.3 Å². The molecule has 1 nitrogen and oxygen atoms in total. The second-order valence-corrected chi connectivity index (χ2v) is 4.69. The van der Waals surface area contributed by atoms with E-state index in [4.69, 9.17) is 28.9 Å². The van der Waals surface area contributed by atoms with Gasteiger partial charge in [-0.3, -0.25) is 0 Å². The van der Waals surface area contributed by atoms with Crippen LogP contribution in [0.3, 0.4) is 0 Å². The SMILES string of the molecule is CC(C)C[C@@H](N)c1c(Cl)cccc1Cl.Cl. The molecule has 2 N–H and O–H groups in total. The Labute approximate surface area is 107 Å². The maximum absolute atomic E-state index is 6.04. The highest BCUT2D eigenvalue weighted by atomic mass is 35.5. The van der Waals surface area contributed by atoms with Crippen molar-refractivity contribution in [1.82, 2.24) is 0 Å². The standard InChI is InChI=1S/C11H15Cl2N.ClH/c1-7(2)6-10(14)11-8(12)4-3-5-9(11)13;/h3-5,7,10H,6,14H2,1-2H3;1H/t10-;/m1./s1. The molecule has 0 saturated carbocycles. The Morgan fingerprint density at radius 1 is 1.20 bits per heavy atom. The van der Waals surface area contributed by atoms with Gasteiger partial charge in [-0.25, -0.2) is 0 Å². The lowest BCUT2D eigenvalue weighted by atomic mass is 9.98. The van der Waals surface area contributed by atoms with Gasteiger partial charge in [-0.15, -0.1) is 12.4 Å². The molecule has 0 aliphatic carbocycles. The Bertz CT molecular complexity index is 292. The molecule has 1 atom stereocenters. The minimum absolute atomic E-state index is 0. The second-order valence-electron chi connectivity index (χ2n) is 3.87. The van der Waals surface area contributed by atoms with Crippen molar-refractivity contribution in [2.24, 2.45) is 11.7 Å². The summed E-state index contributed by atoms with van der Waals surface area (Å²) in [4.78, 5) is 0. The molecule has 0 saturated heterocycles. The van der Waals surface area contributed by atoms with Crippen molar-refractivity contribution in [1.29, 1.82) is 0 Å². The van der Waals surface area contributed by atoms with Crippen LogP contribution in [0.25, 0.3) is 0 Å². The molecule has 86 valence electrons. The second kappa shape index (κ2) is 6.59. The fourth-order valence-electron chi connectivity index (χ4n) is 1.49. The lowest BCUT2D eigenvalue weighted by molar-refractivity contribution is 0.510. The summed E-state index contributed by atoms with van der Waals surface area (Å²) >= 11 is 12.1. The molecule has 1 rings (SSSR count). The topological polar surface area (TPSA) is 26.0 Å². The van der Waals surface area contributed by atoms with Gasteiger partial charge in [0.2, 0.25) is 0 Å². The summed E-state index contributed by atoms with van der Waals surface area (Å²) in [6.07, 6.45) is 0.892. The highest BCUT2D eigenvalue weighted by Gasteiger charge is 2.14. The zero-order valence-electron chi connectivity index (χ0n) is 8.84. The van der Waals surface area contributed by atoms with E-state index in [2.05, 4.69) is 13.8 Å². The van der Waals surface area contributed by atoms with Crippen molar-refractivity contribution in [2.75, 3.05) is 0 Å². The van der Waals surface area contributed by atoms with Crippen LogP contribution in [-0.2, 0) is 0 Å². The van der Waals surface area contributed by atoms with Crippen LogP contribution >= 0.6 is 35.6 Å². The molecule has 0 bridgehead atoms. The highest BCUT2D eigenvalue weighted by Crippen LogP contribution is 2.31. The molecule has 0 aliphatic rings. The van der Waals surface area contributed by atoms with Crippen molar-refractivity contribution >= 4 is 35.6 Å². The zero-order chi connectivity index (χ0) is 10.7. The molecular formula is C11H16Cl3N. The molecule has 0 aliphatic heterocycles. The van der Waals surface area contributed by atoms with Crippen LogP contribution in [0.15, 0.2) is 18.2 Å². The summed E-state index contributed by atoms with van der Waals surface area (Å²) in [5.41, 5.74) is 6.89. The first kappa shape index (κ1) is 15.0. The van der Waals surface area contributed by atoms with Gasteiger partial charge in [0, 0.05) is 21.7 Å². The molecule has 0 heterocycles. The van der Waals surface area contributed by atoms with Crippen molar-refractivity contribution in [3.63, 3.8) is 0 Å². The zero-order valence-corrected chi connectivity index (χ0v) is 11.2. The Morgan fingerprint density at radius 3 is 2.07 bits per heavy atom. The Balaban J connectivity index is 0.00000196. The third kappa shape index (κ3) is 4.20. The first-order valence-electron chi connectivity index (χ1n) is 4.72. The Hall–Kier alpha value is 0.0500. The van der Waals surface area contributed by atoms with Gasteiger partial charge in [0.25, 0.3) is 0 Å². The van der Waals surface area contributed by atoms with E-state index in [1.807, 2.05) is 18.2 Å². The first-order chi connectivity index (χ1) is 6.52. The van der Waals surface area contributed by atoms with Gasteiger partial charge in [-0.1, -0.05) is 43.1 Å². The van der Waals surface area contributed by atoms with Gasteiger partial charge >= 0.3 is 0 Å². The average molecular weight is 269 g/mol. The van der Waals surface area contributed by atoms with Gasteiger partial charge in [0.15, 0.2) is 0 Å². The number of hydrogen-bond acceptors (Lipinski definition) is 1. The van der Waals surface area contributed by atoms with E-state index >= 15 is 0 Å². The predicted molar refractivity (Wildman–Crippen MR) is 70.1 cm³/mol. The van der Waals surface area contributed by atoms with Gasteiger partial charge in [0.1, 0.15) is 0 Å². The van der Waals surface area contributed by atoms with Gasteiger partial charge in [-0.2, -0.15) is 0 Å². The van der Waals surface area contributed by atoms with E-state index in [0.717, 1.165) is 12.0 Å². The summed E-state index contributed by atoms with van der Waals surface area (Å²) in [7, 11) is 0. The van der Waals surface area contributed by atoms with Crippen LogP contribution in [0.2, 0.25) is 10.0 Å². The summed E-state index contributed by atoms with van der Waals surface area (Å²) < 4.78 is 0. The quantitative estimate of drug-likeness (QED) is 0.860. The molecular weight excluding hydrogens is 252 g/mol. The number of rotatable bonds is 3. The fraction of sp³-hybridized carbons (Fsp3) is 0.455. The number of halogens is 3. The van der Waals surface area contributed by atoms with E-state index in [0.29, 0.717) is 16.0 Å². The van der Waals surface area contributed by atoms with Gasteiger partial charge < -0.3 is 5.73 Å². The molecule has 1 aromatic rings. The predicted octanol–water partition coefficient (Wildman–Crippen LogP) is 4.46. The molecule has 1 aromatic carbocycles. The summed E-state index contributed by atoms with van der Waals surface area (Å²) in [6, 6.07) is 5.40. The molecule has 0 radical (unpaired) electrons. The minimum atomic E-state index is -0.0730. The molecule has 4 heteroatoms. The van der Waals surface area contributed by atoms with Crippen LogP contribution in [0.1, 0.15) is 31.9 Å². The molecule has 0 fully saturated rings. The van der Waals surface area contributed by atoms with E-state index in [1.54, 1.807) is 0 Å². The number of nitrogens with two attached hydrogens (primary N) is 1. The van der Waals surface area contributed by atoms with Crippen molar-refractivity contribution < 1.29 is 0 Å². The maximum Gasteiger partial charge on any atom is 0.0468 e. The average Bonchev–Trinajstić information content (AvgIpc) is 2.01. The molecule has 0 unspecified atom stereocenters. The monoisotopic (exact) mass is 267 g/mol. The third-order valence-corrected chi connectivity index (χ3v) is 2.76. The molecule has 0 amide bonds. The number of hydrogen-bond donors (Lipinski definition) is 1. The Kier molecular flexibility index (Phi) is 6.62. The van der Waals surface area contributed by atoms with E-state index in [1.165, 1.54) is 0 Å². The molecule has 0 spiro atoms. The van der Waals surface area contributed by atoms with Crippen molar-refractivity contribution in [3.8, 4) is 0 Å². The minimum Gasteiger partial charge on any atom is -0.324 e. The smallest absolute Gasteiger partial charge is 0.0468 e. The lowest BCUT2D eigenvalue weighted by Gasteiger charge is -2.17. The van der Waals surface area contributed by atoms with Crippen molar-refractivity contribution in [3.05, 3.63) is 33.8 Å². The lowest BCUT2D eigenvalue weighted by Crippen LogP contribution is -2.13. The van der Waals surface area contributed by atoms with Crippen LogP contribution < -0.4 is 5.73 Å². The van der Waals surface area contributed by atoms with Crippen LogP contribution in [0, 0.1) is 5.92 Å². The highest BCUT2D eigenvalue weighted by molar-refractivity contribution is 6.36. The summed E-state index contributed by atoms with van der Waals surface area (Å²) in [6.45, 7) is 4.26. The largest absolute Gasteiger partial charge is 0.324 e. The van der Waals surface area contributed by atoms with Crippen LogP contribution in [-0.4, -0.2) is 0 Å². The molecule has 15 heavy (non-hydrogen) atoms. The van der Waals surface area contributed by atoms with Gasteiger partial charge in [0.05, 0.1) is 0 Å². The fourth-order valence-corrected chi connectivity index (χ4v) is 2.17. The van der Waals surface area contributed by atoms with E-state index in [-0.39, 0.29) is 18.4 Å². The summed E-state index contributed by atoms with van der Waals surface area (Å²) in [5.74, 6) is 0.539. The maximum atomic E-state index is 6.04. The summed E-state index contributed by atoms with van der Waals surface area (Å²) in [5, 5.41) is 1.32. The van der Waals surface area contributed by atoms with Crippen LogP contribution in [0.5, 0.6) is 0 Å². The van der Waals surface area contributed by atoms with Crippen LogP contribution in [0.4, 0.5) is 0 Å². The van der Waals surface area contributed by atoms with E-state index in [9.17, 15) is 0 Å². The number of benzene rings is 1. The Morgan fingerprint density at radius 2 is 1.67 bits per heavy atom. The van der Waals surface area contributed by atoms with Gasteiger partial charge in [-0.05, 0) is 24.5 Å². The molecule has 0 aromatic heterocycles. The first-order valence-corrected chi connectivity index (χ1v) is 5.47. The van der Waals surface area contributed by atoms with E-state index < -0.39 is 0 Å².